The number of aryl methyl sites for hydroxylation is 1. The summed E-state index contributed by atoms with van der Waals surface area (Å²) in [5.74, 6) is 0.746. The van der Waals surface area contributed by atoms with Gasteiger partial charge >= 0.3 is 0 Å². The SMILES string of the molecule is CCNC(=NCC(C)(O)CN1CCOCC1)NCCN(CC)c1ccccc1C.I. The minimum Gasteiger partial charge on any atom is -0.387 e. The third-order valence-corrected chi connectivity index (χ3v) is 5.10. The number of para-hydroxylation sites is 1. The van der Waals surface area contributed by atoms with Crippen LogP contribution in [0.4, 0.5) is 5.69 Å². The molecule has 7 nitrogen and oxygen atoms in total. The lowest BCUT2D eigenvalue weighted by molar-refractivity contribution is -0.0179. The third kappa shape index (κ3) is 9.36. The summed E-state index contributed by atoms with van der Waals surface area (Å²) in [6.07, 6.45) is 0. The highest BCUT2D eigenvalue weighted by atomic mass is 127. The van der Waals surface area contributed by atoms with Gasteiger partial charge in [-0.15, -0.1) is 24.0 Å². The highest BCUT2D eigenvalue weighted by Gasteiger charge is 2.25. The number of benzene rings is 1. The van der Waals surface area contributed by atoms with Crippen molar-refractivity contribution in [1.82, 2.24) is 15.5 Å². The first-order valence-corrected chi connectivity index (χ1v) is 10.8. The minimum absolute atomic E-state index is 0. The van der Waals surface area contributed by atoms with Gasteiger partial charge in [-0.2, -0.15) is 0 Å². The van der Waals surface area contributed by atoms with Crippen molar-refractivity contribution in [3.05, 3.63) is 29.8 Å². The number of ether oxygens (including phenoxy) is 1. The molecule has 0 amide bonds. The van der Waals surface area contributed by atoms with Crippen LogP contribution in [0.2, 0.25) is 0 Å². The Bertz CT molecular complexity index is 636. The number of morpholine rings is 1. The van der Waals surface area contributed by atoms with Gasteiger partial charge in [0.25, 0.3) is 0 Å². The maximum absolute atomic E-state index is 10.8. The van der Waals surface area contributed by atoms with E-state index >= 15 is 0 Å². The first-order chi connectivity index (χ1) is 13.9. The second-order valence-corrected chi connectivity index (χ2v) is 7.87. The molecule has 1 aromatic carbocycles. The quantitative estimate of drug-likeness (QED) is 0.243. The fourth-order valence-electron chi connectivity index (χ4n) is 3.56. The summed E-state index contributed by atoms with van der Waals surface area (Å²) < 4.78 is 5.38. The molecule has 30 heavy (non-hydrogen) atoms. The molecule has 1 fully saturated rings. The van der Waals surface area contributed by atoms with Crippen molar-refractivity contribution in [1.29, 1.82) is 0 Å². The Morgan fingerprint density at radius 3 is 2.57 bits per heavy atom. The Morgan fingerprint density at radius 2 is 1.93 bits per heavy atom. The third-order valence-electron chi connectivity index (χ3n) is 5.10. The number of likely N-dealkylation sites (N-methyl/N-ethyl adjacent to an activating group) is 1. The highest BCUT2D eigenvalue weighted by molar-refractivity contribution is 14.0. The number of halogens is 1. The number of hydrogen-bond acceptors (Lipinski definition) is 5. The van der Waals surface area contributed by atoms with Crippen molar-refractivity contribution in [3.63, 3.8) is 0 Å². The molecule has 1 aliphatic heterocycles. The van der Waals surface area contributed by atoms with Gasteiger partial charge < -0.3 is 25.4 Å². The first-order valence-electron chi connectivity index (χ1n) is 10.8. The number of nitrogens with one attached hydrogen (secondary N) is 2. The number of aliphatic imine (C=N–C) groups is 1. The van der Waals surface area contributed by atoms with E-state index in [4.69, 9.17) is 4.74 Å². The molecule has 0 radical (unpaired) electrons. The normalized spacial score (nSPS) is 17.0. The molecule has 1 atom stereocenters. The maximum atomic E-state index is 10.8. The number of hydrogen-bond donors (Lipinski definition) is 3. The lowest BCUT2D eigenvalue weighted by Crippen LogP contribution is -2.48. The molecule has 0 saturated carbocycles. The van der Waals surface area contributed by atoms with Crippen LogP contribution < -0.4 is 15.5 Å². The van der Waals surface area contributed by atoms with Crippen molar-refractivity contribution in [3.8, 4) is 0 Å². The van der Waals surface area contributed by atoms with Gasteiger partial charge in [0.1, 0.15) is 0 Å². The van der Waals surface area contributed by atoms with E-state index in [9.17, 15) is 5.11 Å². The first kappa shape index (κ1) is 26.9. The van der Waals surface area contributed by atoms with Crippen LogP contribution in [0, 0.1) is 6.92 Å². The van der Waals surface area contributed by atoms with Crippen molar-refractivity contribution >= 4 is 35.6 Å². The van der Waals surface area contributed by atoms with Crippen LogP contribution >= 0.6 is 24.0 Å². The van der Waals surface area contributed by atoms with Crippen molar-refractivity contribution < 1.29 is 9.84 Å². The summed E-state index contributed by atoms with van der Waals surface area (Å²) >= 11 is 0. The lowest BCUT2D eigenvalue weighted by atomic mass is 10.1. The maximum Gasteiger partial charge on any atom is 0.191 e. The Morgan fingerprint density at radius 1 is 1.23 bits per heavy atom. The Balaban J connectivity index is 0.00000450. The van der Waals surface area contributed by atoms with Gasteiger partial charge in [0.05, 0.1) is 25.4 Å². The zero-order valence-corrected chi connectivity index (χ0v) is 21.3. The molecule has 0 aliphatic carbocycles. The molecule has 3 N–H and O–H groups in total. The van der Waals surface area contributed by atoms with Crippen LogP contribution in [-0.4, -0.2) is 87.1 Å². The van der Waals surface area contributed by atoms with Crippen LogP contribution in [0.15, 0.2) is 29.3 Å². The van der Waals surface area contributed by atoms with Crippen molar-refractivity contribution in [2.75, 3.05) is 70.5 Å². The summed E-state index contributed by atoms with van der Waals surface area (Å²) in [4.78, 5) is 9.23. The van der Waals surface area contributed by atoms with E-state index in [0.29, 0.717) is 13.1 Å². The van der Waals surface area contributed by atoms with E-state index in [2.05, 4.69) is 70.5 Å². The van der Waals surface area contributed by atoms with Gasteiger partial charge in [0.2, 0.25) is 0 Å². The molecule has 2 rings (SSSR count). The smallest absolute Gasteiger partial charge is 0.191 e. The average Bonchev–Trinajstić information content (AvgIpc) is 2.70. The predicted molar refractivity (Wildman–Crippen MR) is 136 cm³/mol. The fraction of sp³-hybridized carbons (Fsp3) is 0.682. The summed E-state index contributed by atoms with van der Waals surface area (Å²) in [6, 6.07) is 8.47. The molecule has 0 aromatic heterocycles. The van der Waals surface area contributed by atoms with Crippen LogP contribution in [0.25, 0.3) is 0 Å². The summed E-state index contributed by atoms with van der Waals surface area (Å²) in [6.45, 7) is 15.8. The molecule has 1 saturated heterocycles. The van der Waals surface area contributed by atoms with Gasteiger partial charge in [-0.3, -0.25) is 9.89 Å². The molecule has 0 bridgehead atoms. The van der Waals surface area contributed by atoms with Crippen LogP contribution in [0.5, 0.6) is 0 Å². The van der Waals surface area contributed by atoms with Crippen LogP contribution in [-0.2, 0) is 4.74 Å². The predicted octanol–water partition coefficient (Wildman–Crippen LogP) is 2.08. The van der Waals surface area contributed by atoms with Gasteiger partial charge in [0, 0.05) is 51.5 Å². The van der Waals surface area contributed by atoms with E-state index < -0.39 is 5.60 Å². The Hall–Kier alpha value is -1.10. The lowest BCUT2D eigenvalue weighted by Gasteiger charge is -2.33. The second kappa shape index (κ2) is 14.1. The summed E-state index contributed by atoms with van der Waals surface area (Å²) in [7, 11) is 0. The molecule has 8 heteroatoms. The Kier molecular flexibility index (Phi) is 12.6. The summed E-state index contributed by atoms with van der Waals surface area (Å²) in [5.41, 5.74) is 1.69. The zero-order valence-electron chi connectivity index (χ0n) is 19.0. The van der Waals surface area contributed by atoms with Gasteiger partial charge in [0.15, 0.2) is 5.96 Å². The molecule has 172 valence electrons. The molecular weight excluding hydrogens is 493 g/mol. The van der Waals surface area contributed by atoms with E-state index in [-0.39, 0.29) is 24.0 Å². The number of rotatable bonds is 10. The monoisotopic (exact) mass is 533 g/mol. The molecule has 1 aliphatic rings. The van der Waals surface area contributed by atoms with E-state index in [1.807, 2.05) is 6.92 Å². The van der Waals surface area contributed by atoms with Crippen LogP contribution in [0.1, 0.15) is 26.3 Å². The number of nitrogens with zero attached hydrogens (tertiary/aromatic N) is 3. The zero-order chi connectivity index (χ0) is 21.1. The summed E-state index contributed by atoms with van der Waals surface area (Å²) in [5, 5.41) is 17.4. The number of anilines is 1. The minimum atomic E-state index is -0.865. The Labute approximate surface area is 199 Å². The largest absolute Gasteiger partial charge is 0.387 e. The topological polar surface area (TPSA) is 72.4 Å². The van der Waals surface area contributed by atoms with Gasteiger partial charge in [-0.25, -0.2) is 0 Å². The van der Waals surface area contributed by atoms with E-state index in [0.717, 1.165) is 58.4 Å². The molecule has 1 unspecified atom stereocenters. The standard InChI is InChI=1S/C22H39N5O2.HI/c1-5-23-21(25-17-22(4,28)18-26-13-15-29-16-14-26)24-11-12-27(6-2)20-10-8-7-9-19(20)3;/h7-10,28H,5-6,11-18H2,1-4H3,(H2,23,24,25);1H. The molecule has 0 spiro atoms. The molecule has 1 aromatic rings. The number of guanidine groups is 1. The van der Waals surface area contributed by atoms with Crippen molar-refractivity contribution in [2.24, 2.45) is 4.99 Å². The average molecular weight is 533 g/mol. The van der Waals surface area contributed by atoms with Crippen molar-refractivity contribution in [2.45, 2.75) is 33.3 Å². The van der Waals surface area contributed by atoms with Gasteiger partial charge in [-0.1, -0.05) is 18.2 Å². The van der Waals surface area contributed by atoms with Gasteiger partial charge in [-0.05, 0) is 39.3 Å². The van der Waals surface area contributed by atoms with E-state index in [1.165, 1.54) is 11.3 Å². The molecular formula is C22H40IN5O2. The number of aliphatic hydroxyl groups is 1. The highest BCUT2D eigenvalue weighted by Crippen LogP contribution is 2.18. The van der Waals surface area contributed by atoms with E-state index in [1.54, 1.807) is 0 Å². The number of β-amino-alcohol motifs (C(OH)–C–C–N with tert-alkyl or cyclic N) is 1. The fourth-order valence-corrected chi connectivity index (χ4v) is 3.56. The molecule has 1 heterocycles. The second-order valence-electron chi connectivity index (χ2n) is 7.87. The van der Waals surface area contributed by atoms with Crippen LogP contribution in [0.3, 0.4) is 0 Å².